The van der Waals surface area contributed by atoms with Crippen molar-refractivity contribution in [1.82, 2.24) is 5.32 Å². The van der Waals surface area contributed by atoms with Crippen LogP contribution in [-0.2, 0) is 11.3 Å². The van der Waals surface area contributed by atoms with Gasteiger partial charge in [0.05, 0.1) is 13.4 Å². The second-order valence-corrected chi connectivity index (χ2v) is 3.92. The lowest BCUT2D eigenvalue weighted by atomic mass is 10.2. The quantitative estimate of drug-likeness (QED) is 0.592. The molecule has 0 aliphatic heterocycles. The number of nitrogens with one attached hydrogen (secondary N) is 1. The SMILES string of the molecule is COC(=O)c1occc1CNCCSC. The van der Waals surface area contributed by atoms with Gasteiger partial charge in [0.1, 0.15) is 0 Å². The normalized spacial score (nSPS) is 10.3. The van der Waals surface area contributed by atoms with Gasteiger partial charge in [-0.1, -0.05) is 0 Å². The fourth-order valence-electron chi connectivity index (χ4n) is 1.14. The van der Waals surface area contributed by atoms with Crippen molar-refractivity contribution in [3.05, 3.63) is 23.7 Å². The fraction of sp³-hybridized carbons (Fsp3) is 0.500. The third-order valence-electron chi connectivity index (χ3n) is 1.92. The van der Waals surface area contributed by atoms with Crippen molar-refractivity contribution in [2.45, 2.75) is 6.54 Å². The van der Waals surface area contributed by atoms with Crippen molar-refractivity contribution in [2.24, 2.45) is 0 Å². The van der Waals surface area contributed by atoms with Gasteiger partial charge in [0.15, 0.2) is 0 Å². The zero-order valence-corrected chi connectivity index (χ0v) is 9.73. The number of ether oxygens (including phenoxy) is 1. The van der Waals surface area contributed by atoms with Crippen LogP contribution in [0.3, 0.4) is 0 Å². The molecular formula is C10H15NO3S. The molecule has 0 unspecified atom stereocenters. The summed E-state index contributed by atoms with van der Waals surface area (Å²) >= 11 is 1.78. The zero-order valence-electron chi connectivity index (χ0n) is 8.91. The van der Waals surface area contributed by atoms with E-state index in [0.29, 0.717) is 6.54 Å². The van der Waals surface area contributed by atoms with Gasteiger partial charge in [-0.3, -0.25) is 0 Å². The van der Waals surface area contributed by atoms with Gasteiger partial charge in [-0.15, -0.1) is 0 Å². The van der Waals surface area contributed by atoms with Crippen molar-refractivity contribution in [1.29, 1.82) is 0 Å². The summed E-state index contributed by atoms with van der Waals surface area (Å²) in [5, 5.41) is 3.22. The largest absolute Gasteiger partial charge is 0.463 e. The molecule has 0 saturated heterocycles. The highest BCUT2D eigenvalue weighted by atomic mass is 32.2. The Morgan fingerprint density at radius 1 is 1.67 bits per heavy atom. The lowest BCUT2D eigenvalue weighted by Gasteiger charge is -2.03. The molecule has 0 aliphatic carbocycles. The lowest BCUT2D eigenvalue weighted by Crippen LogP contribution is -2.17. The first-order chi connectivity index (χ1) is 7.29. The molecule has 0 fully saturated rings. The number of thioether (sulfide) groups is 1. The van der Waals surface area contributed by atoms with Crippen LogP contribution in [0.1, 0.15) is 16.1 Å². The standard InChI is InChI=1S/C10H15NO3S/c1-13-10(12)9-8(3-5-14-9)7-11-4-6-15-2/h3,5,11H,4,6-7H2,1-2H3. The van der Waals surface area contributed by atoms with E-state index < -0.39 is 5.97 Å². The molecular weight excluding hydrogens is 214 g/mol. The summed E-state index contributed by atoms with van der Waals surface area (Å²) in [5.74, 6) is 0.904. The Labute approximate surface area is 93.4 Å². The van der Waals surface area contributed by atoms with Crippen LogP contribution in [0.4, 0.5) is 0 Å². The minimum absolute atomic E-state index is 0.286. The van der Waals surface area contributed by atoms with Crippen LogP contribution in [0.2, 0.25) is 0 Å². The first kappa shape index (κ1) is 12.1. The molecule has 4 nitrogen and oxygen atoms in total. The van der Waals surface area contributed by atoms with E-state index in [4.69, 9.17) is 4.42 Å². The van der Waals surface area contributed by atoms with E-state index in [1.807, 2.05) is 0 Å². The fourth-order valence-corrected chi connectivity index (χ4v) is 1.49. The Hall–Kier alpha value is -0.940. The van der Waals surface area contributed by atoms with E-state index in [0.717, 1.165) is 17.9 Å². The molecule has 0 radical (unpaired) electrons. The molecule has 0 bridgehead atoms. The van der Waals surface area contributed by atoms with E-state index in [-0.39, 0.29) is 5.76 Å². The second kappa shape index (κ2) is 6.53. The summed E-state index contributed by atoms with van der Waals surface area (Å²) in [5.41, 5.74) is 0.836. The number of esters is 1. The molecule has 15 heavy (non-hydrogen) atoms. The van der Waals surface area contributed by atoms with Crippen LogP contribution in [-0.4, -0.2) is 31.6 Å². The average Bonchev–Trinajstić information content (AvgIpc) is 2.71. The Morgan fingerprint density at radius 2 is 2.47 bits per heavy atom. The summed E-state index contributed by atoms with van der Waals surface area (Å²) in [6.45, 7) is 1.54. The maximum atomic E-state index is 11.2. The molecule has 5 heteroatoms. The molecule has 1 aromatic rings. The summed E-state index contributed by atoms with van der Waals surface area (Å²) in [7, 11) is 1.34. The van der Waals surface area contributed by atoms with Crippen molar-refractivity contribution in [2.75, 3.05) is 25.7 Å². The van der Waals surface area contributed by atoms with Crippen LogP contribution >= 0.6 is 11.8 Å². The number of carbonyl (C=O) groups excluding carboxylic acids is 1. The monoisotopic (exact) mass is 229 g/mol. The van der Waals surface area contributed by atoms with Crippen LogP contribution in [0, 0.1) is 0 Å². The number of hydrogen-bond donors (Lipinski definition) is 1. The maximum Gasteiger partial charge on any atom is 0.374 e. The van der Waals surface area contributed by atoms with Crippen molar-refractivity contribution < 1.29 is 13.9 Å². The Bertz CT molecular complexity index is 311. The Kier molecular flexibility index (Phi) is 5.28. The van der Waals surface area contributed by atoms with Crippen LogP contribution in [0.25, 0.3) is 0 Å². The van der Waals surface area contributed by atoms with Gasteiger partial charge in [0.2, 0.25) is 5.76 Å². The molecule has 1 aromatic heterocycles. The van der Waals surface area contributed by atoms with E-state index in [1.165, 1.54) is 13.4 Å². The van der Waals surface area contributed by atoms with Gasteiger partial charge in [0, 0.05) is 24.4 Å². The maximum absolute atomic E-state index is 11.2. The van der Waals surface area contributed by atoms with Gasteiger partial charge in [-0.2, -0.15) is 11.8 Å². The van der Waals surface area contributed by atoms with Gasteiger partial charge >= 0.3 is 5.97 Å². The number of methoxy groups -OCH3 is 1. The molecule has 0 spiro atoms. The molecule has 0 aliphatic rings. The third-order valence-corrected chi connectivity index (χ3v) is 2.53. The number of furan rings is 1. The van der Waals surface area contributed by atoms with Gasteiger partial charge in [0.25, 0.3) is 0 Å². The summed E-state index contributed by atoms with van der Waals surface area (Å²) < 4.78 is 9.65. The van der Waals surface area contributed by atoms with Gasteiger partial charge in [-0.05, 0) is 12.3 Å². The highest BCUT2D eigenvalue weighted by Gasteiger charge is 2.14. The van der Waals surface area contributed by atoms with Crippen LogP contribution < -0.4 is 5.32 Å². The number of carbonyl (C=O) groups is 1. The Morgan fingerprint density at radius 3 is 3.13 bits per heavy atom. The van der Waals surface area contributed by atoms with E-state index in [9.17, 15) is 4.79 Å². The highest BCUT2D eigenvalue weighted by Crippen LogP contribution is 2.11. The van der Waals surface area contributed by atoms with Crippen molar-refractivity contribution in [3.8, 4) is 0 Å². The third kappa shape index (κ3) is 3.60. The zero-order chi connectivity index (χ0) is 11.1. The topological polar surface area (TPSA) is 51.5 Å². The van der Waals surface area contributed by atoms with Crippen molar-refractivity contribution >= 4 is 17.7 Å². The molecule has 0 aromatic carbocycles. The van der Waals surface area contributed by atoms with E-state index >= 15 is 0 Å². The van der Waals surface area contributed by atoms with Crippen molar-refractivity contribution in [3.63, 3.8) is 0 Å². The van der Waals surface area contributed by atoms with Crippen LogP contribution in [0.15, 0.2) is 16.7 Å². The molecule has 1 rings (SSSR count). The summed E-state index contributed by atoms with van der Waals surface area (Å²) in [4.78, 5) is 11.2. The smallest absolute Gasteiger partial charge is 0.374 e. The van der Waals surface area contributed by atoms with Gasteiger partial charge in [-0.25, -0.2) is 4.79 Å². The predicted octanol–water partition coefficient (Wildman–Crippen LogP) is 1.52. The van der Waals surface area contributed by atoms with Crippen LogP contribution in [0.5, 0.6) is 0 Å². The molecule has 0 saturated carbocycles. The molecule has 0 amide bonds. The summed E-state index contributed by atoms with van der Waals surface area (Å²) in [6.07, 6.45) is 3.55. The minimum atomic E-state index is -0.429. The molecule has 0 atom stereocenters. The minimum Gasteiger partial charge on any atom is -0.463 e. The van der Waals surface area contributed by atoms with E-state index in [2.05, 4.69) is 16.3 Å². The molecule has 1 heterocycles. The first-order valence-corrected chi connectivity index (χ1v) is 6.03. The predicted molar refractivity (Wildman–Crippen MR) is 60.1 cm³/mol. The van der Waals surface area contributed by atoms with E-state index in [1.54, 1.807) is 17.8 Å². The first-order valence-electron chi connectivity index (χ1n) is 4.64. The average molecular weight is 229 g/mol. The lowest BCUT2D eigenvalue weighted by molar-refractivity contribution is 0.0563. The number of rotatable bonds is 6. The molecule has 1 N–H and O–H groups in total. The van der Waals surface area contributed by atoms with Gasteiger partial charge < -0.3 is 14.5 Å². The number of hydrogen-bond acceptors (Lipinski definition) is 5. The Balaban J connectivity index is 2.46. The highest BCUT2D eigenvalue weighted by molar-refractivity contribution is 7.98. The molecule has 84 valence electrons. The summed E-state index contributed by atoms with van der Waals surface area (Å²) in [6, 6.07) is 1.78. The second-order valence-electron chi connectivity index (χ2n) is 2.94.